The minimum Gasteiger partial charge on any atom is -0.103 e. The molecule has 86 heavy (non-hydrogen) atoms. The average molecular weight is 1110 g/mol. The van der Waals surface area contributed by atoms with Crippen molar-refractivity contribution in [1.29, 1.82) is 0 Å². The third kappa shape index (κ3) is 8.51. The predicted octanol–water partition coefficient (Wildman–Crippen LogP) is 21.2. The molecular weight excluding hydrogens is 1030 g/mol. The quantitative estimate of drug-likeness (QED) is 0.126. The fourth-order valence-electron chi connectivity index (χ4n) is 18.3. The van der Waals surface area contributed by atoms with Crippen molar-refractivity contribution < 1.29 is 0 Å². The van der Waals surface area contributed by atoms with Gasteiger partial charge >= 0.3 is 0 Å². The van der Waals surface area contributed by atoms with E-state index >= 15 is 0 Å². The van der Waals surface area contributed by atoms with Gasteiger partial charge < -0.3 is 0 Å². The zero-order valence-corrected chi connectivity index (χ0v) is 50.7. The molecule has 424 valence electrons. The van der Waals surface area contributed by atoms with Gasteiger partial charge in [-0.2, -0.15) is 0 Å². The average Bonchev–Trinajstić information content (AvgIpc) is 1.58. The molecule has 8 aromatic rings. The van der Waals surface area contributed by atoms with Crippen LogP contribution in [0.4, 0.5) is 0 Å². The summed E-state index contributed by atoms with van der Waals surface area (Å²) in [7, 11) is 0. The number of fused-ring (bicyclic) bond motifs is 10. The van der Waals surface area contributed by atoms with E-state index in [9.17, 15) is 0 Å². The second-order valence-corrected chi connectivity index (χ2v) is 27.2. The van der Waals surface area contributed by atoms with Gasteiger partial charge in [0.1, 0.15) is 0 Å². The molecule has 0 spiro atoms. The second-order valence-electron chi connectivity index (χ2n) is 27.2. The number of aryl methyl sites for hydroxylation is 4. The first-order chi connectivity index (χ1) is 42.1. The topological polar surface area (TPSA) is 0 Å². The van der Waals surface area contributed by atoms with Crippen LogP contribution in [-0.2, 0) is 40.9 Å². The molecule has 0 saturated heterocycles. The summed E-state index contributed by atoms with van der Waals surface area (Å²) < 4.78 is 0. The van der Waals surface area contributed by atoms with Crippen LogP contribution in [0.1, 0.15) is 149 Å². The largest absolute Gasteiger partial charge is 0.103 e. The van der Waals surface area contributed by atoms with E-state index in [-0.39, 0.29) is 21.7 Å². The van der Waals surface area contributed by atoms with Crippen LogP contribution in [-0.4, -0.2) is 0 Å². The molecule has 0 heterocycles. The molecule has 0 amide bonds. The van der Waals surface area contributed by atoms with E-state index in [0.717, 1.165) is 12.8 Å². The minimum atomic E-state index is 0.0599. The van der Waals surface area contributed by atoms with Crippen LogP contribution in [0.15, 0.2) is 274 Å². The van der Waals surface area contributed by atoms with Gasteiger partial charge in [0.25, 0.3) is 0 Å². The van der Waals surface area contributed by atoms with Crippen LogP contribution in [0.5, 0.6) is 0 Å². The van der Waals surface area contributed by atoms with Crippen LogP contribution in [0.25, 0.3) is 27.8 Å². The van der Waals surface area contributed by atoms with Gasteiger partial charge in [-0.05, 0) is 164 Å². The molecule has 0 nitrogen and oxygen atoms in total. The third-order valence-electron chi connectivity index (χ3n) is 22.1. The lowest BCUT2D eigenvalue weighted by molar-refractivity contribution is 0.323. The van der Waals surface area contributed by atoms with Gasteiger partial charge in [-0.15, -0.1) is 6.58 Å². The summed E-state index contributed by atoms with van der Waals surface area (Å²) in [6, 6.07) is 69.2. The van der Waals surface area contributed by atoms with E-state index in [1.54, 1.807) is 16.7 Å². The van der Waals surface area contributed by atoms with Crippen molar-refractivity contribution in [2.24, 2.45) is 17.8 Å². The van der Waals surface area contributed by atoms with Gasteiger partial charge in [0, 0.05) is 51.8 Å². The fourth-order valence-corrected chi connectivity index (χ4v) is 18.3. The Morgan fingerprint density at radius 2 is 0.814 bits per heavy atom. The highest BCUT2D eigenvalue weighted by Crippen LogP contribution is 2.65. The first-order valence-electron chi connectivity index (χ1n) is 32.3. The van der Waals surface area contributed by atoms with Gasteiger partial charge in [-0.25, -0.2) is 0 Å². The standard InChI is InChI=1S/C32H32.C27H22.C27H26/c1-21-13-15-25-26-16-14-24(31(2,3)4)20-28(26)30(27(25)19-21)32(23-10-6-7-11-23)18-17-22-9-5-8-12-29(22)32;1-8-16-25-19(9-1)17-18-27(25,20-10-2-3-11-20)26-23-14-6-4-12-21(23)22-13-5-7-15-24(22)26;1-2-3-10-21-19-26(24-15-8-7-14-23(21)24)27(22-12-5-6-13-22)18-17-20-11-4-9-16-25(20)27/h5-16,19-20,23,30H,17-18H2,1-4H3;1-16,20,26H,17-18H2;2,4-9,11-16,19,22,26H,1,3,10,17-18H2. The first kappa shape index (κ1) is 54.3. The van der Waals surface area contributed by atoms with Crippen molar-refractivity contribution in [3.8, 4) is 22.3 Å². The molecule has 9 aliphatic carbocycles. The number of rotatable bonds is 9. The minimum absolute atomic E-state index is 0.0599. The molecule has 0 aliphatic heterocycles. The Kier molecular flexibility index (Phi) is 13.6. The monoisotopic (exact) mass is 1110 g/mol. The summed E-state index contributed by atoms with van der Waals surface area (Å²) in [5, 5.41) is 0. The van der Waals surface area contributed by atoms with E-state index in [4.69, 9.17) is 0 Å². The Hall–Kier alpha value is -8.32. The van der Waals surface area contributed by atoms with Crippen molar-refractivity contribution in [3.63, 3.8) is 0 Å². The van der Waals surface area contributed by atoms with Crippen LogP contribution < -0.4 is 0 Å². The van der Waals surface area contributed by atoms with Crippen LogP contribution in [0.2, 0.25) is 0 Å². The summed E-state index contributed by atoms with van der Waals surface area (Å²) in [6.07, 6.45) is 41.9. The van der Waals surface area contributed by atoms with E-state index in [1.807, 2.05) is 6.08 Å². The Labute approximate surface area is 512 Å². The van der Waals surface area contributed by atoms with E-state index < -0.39 is 0 Å². The zero-order valence-electron chi connectivity index (χ0n) is 50.7. The van der Waals surface area contributed by atoms with Crippen molar-refractivity contribution in [1.82, 2.24) is 0 Å². The normalized spacial score (nSPS) is 23.9. The Balaban J connectivity index is 0.000000110. The molecule has 5 unspecified atom stereocenters. The summed E-state index contributed by atoms with van der Waals surface area (Å²) in [5.41, 5.74) is 28.8. The molecule has 8 aromatic carbocycles. The molecule has 0 heteroatoms. The van der Waals surface area contributed by atoms with Gasteiger partial charge in [-0.1, -0.05) is 293 Å². The van der Waals surface area contributed by atoms with Crippen LogP contribution >= 0.6 is 0 Å². The molecule has 0 N–H and O–H groups in total. The highest BCUT2D eigenvalue weighted by Gasteiger charge is 2.55. The first-order valence-corrected chi connectivity index (χ1v) is 32.3. The maximum atomic E-state index is 3.94. The molecule has 9 aliphatic rings. The second kappa shape index (κ2) is 21.6. The van der Waals surface area contributed by atoms with E-state index in [1.165, 1.54) is 128 Å². The number of allylic oxidation sites excluding steroid dienone is 15. The Morgan fingerprint density at radius 1 is 0.419 bits per heavy atom. The highest BCUT2D eigenvalue weighted by molar-refractivity contribution is 5.83. The van der Waals surface area contributed by atoms with Gasteiger partial charge in [0.05, 0.1) is 0 Å². The van der Waals surface area contributed by atoms with Gasteiger partial charge in [0.15, 0.2) is 0 Å². The lowest BCUT2D eigenvalue weighted by atomic mass is 9.60. The molecule has 0 saturated carbocycles. The lowest BCUT2D eigenvalue weighted by Crippen LogP contribution is -2.37. The molecule has 0 bridgehead atoms. The van der Waals surface area contributed by atoms with Gasteiger partial charge in [-0.3, -0.25) is 0 Å². The predicted molar refractivity (Wildman–Crippen MR) is 362 cm³/mol. The van der Waals surface area contributed by atoms with E-state index in [2.05, 4.69) is 295 Å². The molecule has 0 aromatic heterocycles. The van der Waals surface area contributed by atoms with E-state index in [0.29, 0.717) is 35.5 Å². The summed E-state index contributed by atoms with van der Waals surface area (Å²) in [4.78, 5) is 0. The number of benzene rings is 8. The maximum Gasteiger partial charge on any atom is 0.0208 e. The van der Waals surface area contributed by atoms with Crippen molar-refractivity contribution in [2.75, 3.05) is 0 Å². The summed E-state index contributed by atoms with van der Waals surface area (Å²) >= 11 is 0. The molecular formula is C86H80. The molecule has 17 rings (SSSR count). The summed E-state index contributed by atoms with van der Waals surface area (Å²) in [6.45, 7) is 13.2. The zero-order chi connectivity index (χ0) is 58.2. The number of hydrogen-bond donors (Lipinski definition) is 0. The van der Waals surface area contributed by atoms with Crippen molar-refractivity contribution in [3.05, 3.63) is 352 Å². The lowest BCUT2D eigenvalue weighted by Gasteiger charge is -2.42. The van der Waals surface area contributed by atoms with Crippen LogP contribution in [0.3, 0.4) is 0 Å². The Morgan fingerprint density at radius 3 is 1.33 bits per heavy atom. The fraction of sp³-hybridized carbons (Fsp3) is 0.256. The molecule has 0 fully saturated rings. The molecule has 5 atom stereocenters. The number of hydrogen-bond acceptors (Lipinski definition) is 0. The molecule has 0 radical (unpaired) electrons. The summed E-state index contributed by atoms with van der Waals surface area (Å²) in [5.74, 6) is 2.56. The maximum absolute atomic E-state index is 3.94. The Bertz CT molecular complexity index is 4130. The smallest absolute Gasteiger partial charge is 0.0208 e. The van der Waals surface area contributed by atoms with Gasteiger partial charge in [0.2, 0.25) is 0 Å². The van der Waals surface area contributed by atoms with Crippen molar-refractivity contribution in [2.45, 2.75) is 118 Å². The van der Waals surface area contributed by atoms with Crippen molar-refractivity contribution >= 4 is 5.57 Å². The highest BCUT2D eigenvalue weighted by atomic mass is 14.6. The van der Waals surface area contributed by atoms with Crippen LogP contribution in [0, 0.1) is 24.7 Å². The SMILES string of the molecule is C1=CC(C2(C3c4ccccc4-c4ccccc43)CCc3ccccc32)C=C1.C=CCCC1=CC(C2(C3C=CC=C3)CCc3ccccc32)c2ccccc21.Cc1ccc2c(c1)C(C1(C3C=CC=C3)CCc3ccccc31)c1cc(C(C)(C)C)ccc1-2. The third-order valence-corrected chi connectivity index (χ3v) is 22.1.